The lowest BCUT2D eigenvalue weighted by atomic mass is 9.76. The van der Waals surface area contributed by atoms with Gasteiger partial charge >= 0.3 is 0 Å². The summed E-state index contributed by atoms with van der Waals surface area (Å²) >= 11 is 0. The van der Waals surface area contributed by atoms with Crippen LogP contribution in [0.25, 0.3) is 0 Å². The van der Waals surface area contributed by atoms with Crippen LogP contribution >= 0.6 is 0 Å². The highest BCUT2D eigenvalue weighted by Gasteiger charge is 2.67. The summed E-state index contributed by atoms with van der Waals surface area (Å²) in [5.41, 5.74) is 1.04. The highest BCUT2D eigenvalue weighted by atomic mass is 16.5. The van der Waals surface area contributed by atoms with Crippen molar-refractivity contribution in [2.75, 3.05) is 25.1 Å². The van der Waals surface area contributed by atoms with Gasteiger partial charge < -0.3 is 24.1 Å². The van der Waals surface area contributed by atoms with Crippen molar-refractivity contribution in [1.29, 1.82) is 0 Å². The zero-order chi connectivity index (χ0) is 20.9. The van der Waals surface area contributed by atoms with Crippen LogP contribution in [-0.4, -0.2) is 53.7 Å². The Morgan fingerprint density at radius 1 is 1.30 bits per heavy atom. The number of amides is 2. The van der Waals surface area contributed by atoms with Crippen molar-refractivity contribution in [3.8, 4) is 0 Å². The van der Waals surface area contributed by atoms with Crippen LogP contribution in [0.1, 0.15) is 11.3 Å². The molecule has 2 amide bonds. The number of carbonyl (C=O) groups is 2. The maximum absolute atomic E-state index is 13.4. The van der Waals surface area contributed by atoms with E-state index in [4.69, 9.17) is 14.3 Å². The highest BCUT2D eigenvalue weighted by Crippen LogP contribution is 2.53. The van der Waals surface area contributed by atoms with Crippen LogP contribution in [0.3, 0.4) is 0 Å². The van der Waals surface area contributed by atoms with Gasteiger partial charge in [-0.1, -0.05) is 24.3 Å². The monoisotopic (exact) mass is 408 g/mol. The van der Waals surface area contributed by atoms with Gasteiger partial charge in [0.1, 0.15) is 11.4 Å². The van der Waals surface area contributed by atoms with E-state index in [1.54, 1.807) is 29.2 Å². The fraction of sp³-hybridized carbons (Fsp3) is 0.391. The second-order valence-electron chi connectivity index (χ2n) is 8.24. The van der Waals surface area contributed by atoms with Gasteiger partial charge in [0.05, 0.1) is 37.3 Å². The summed E-state index contributed by atoms with van der Waals surface area (Å²) in [6.07, 6.45) is 5.65. The molecule has 0 aliphatic carbocycles. The largest absolute Gasteiger partial charge is 0.467 e. The standard InChI is InChI=1S/C23H24N2O5/c1-24(13-17-3-2-12-29-17)21(27)19-18-8-10-23(30-18)14-25(22(28)20(19)23)16-6-4-15(5-7-16)9-11-26/h2-8,10,12,18-20,26H,9,11,13-14H2,1H3/t18-,19-,20+,23-/m0/s1. The molecule has 5 rings (SSSR count). The molecule has 2 bridgehead atoms. The predicted octanol–water partition coefficient (Wildman–Crippen LogP) is 1.76. The lowest BCUT2D eigenvalue weighted by Crippen LogP contribution is -2.44. The summed E-state index contributed by atoms with van der Waals surface area (Å²) in [5.74, 6) is -0.567. The van der Waals surface area contributed by atoms with E-state index in [9.17, 15) is 9.59 Å². The molecular weight excluding hydrogens is 384 g/mol. The molecule has 2 aromatic rings. The van der Waals surface area contributed by atoms with E-state index in [1.165, 1.54) is 0 Å². The molecule has 7 heteroatoms. The third kappa shape index (κ3) is 2.88. The number of benzene rings is 1. The summed E-state index contributed by atoms with van der Waals surface area (Å²) in [7, 11) is 1.73. The first kappa shape index (κ1) is 19.1. The number of hydrogen-bond acceptors (Lipinski definition) is 5. The first-order valence-electron chi connectivity index (χ1n) is 10.2. The van der Waals surface area contributed by atoms with E-state index in [-0.39, 0.29) is 24.5 Å². The highest BCUT2D eigenvalue weighted by molar-refractivity contribution is 6.03. The molecule has 2 saturated heterocycles. The van der Waals surface area contributed by atoms with E-state index in [0.29, 0.717) is 25.3 Å². The summed E-state index contributed by atoms with van der Waals surface area (Å²) in [6.45, 7) is 0.833. The average molecular weight is 408 g/mol. The average Bonchev–Trinajstić information content (AvgIpc) is 3.51. The minimum atomic E-state index is -0.753. The van der Waals surface area contributed by atoms with Crippen LogP contribution in [0.2, 0.25) is 0 Å². The maximum atomic E-state index is 13.4. The number of aliphatic hydroxyl groups excluding tert-OH is 1. The lowest BCUT2D eigenvalue weighted by molar-refractivity contribution is -0.139. The van der Waals surface area contributed by atoms with Crippen LogP contribution in [0.5, 0.6) is 0 Å². The fourth-order valence-electron chi connectivity index (χ4n) is 4.94. The zero-order valence-electron chi connectivity index (χ0n) is 16.7. The molecule has 0 saturated carbocycles. The molecule has 1 N–H and O–H groups in total. The number of hydrogen-bond donors (Lipinski definition) is 1. The SMILES string of the molecule is CN(Cc1ccco1)C(=O)[C@H]1[C@@H]2C=C[C@@]3(CN(c4ccc(CCO)cc4)C(=O)[C@@H]13)O2. The third-order valence-corrected chi connectivity index (χ3v) is 6.38. The summed E-state index contributed by atoms with van der Waals surface area (Å²) in [5, 5.41) is 9.10. The lowest BCUT2D eigenvalue weighted by Gasteiger charge is -2.27. The van der Waals surface area contributed by atoms with Crippen LogP contribution in [0.4, 0.5) is 5.69 Å². The number of ether oxygens (including phenoxy) is 1. The molecule has 156 valence electrons. The molecule has 0 unspecified atom stereocenters. The number of fused-ring (bicyclic) bond motifs is 1. The molecular formula is C23H24N2O5. The van der Waals surface area contributed by atoms with E-state index >= 15 is 0 Å². The van der Waals surface area contributed by atoms with Crippen molar-refractivity contribution >= 4 is 17.5 Å². The van der Waals surface area contributed by atoms with Crippen molar-refractivity contribution in [3.63, 3.8) is 0 Å². The number of nitrogens with zero attached hydrogens (tertiary/aromatic N) is 2. The van der Waals surface area contributed by atoms with Gasteiger partial charge in [-0.05, 0) is 36.2 Å². The molecule has 1 aromatic heterocycles. The first-order chi connectivity index (χ1) is 14.5. The van der Waals surface area contributed by atoms with Crippen LogP contribution in [0.15, 0.2) is 59.2 Å². The quantitative estimate of drug-likeness (QED) is 0.737. The number of furan rings is 1. The Hall–Kier alpha value is -2.90. The second-order valence-corrected chi connectivity index (χ2v) is 8.24. The molecule has 4 heterocycles. The molecule has 7 nitrogen and oxygen atoms in total. The molecule has 4 atom stereocenters. The van der Waals surface area contributed by atoms with Crippen molar-refractivity contribution in [1.82, 2.24) is 4.90 Å². The van der Waals surface area contributed by atoms with Gasteiger partial charge in [0, 0.05) is 19.3 Å². The van der Waals surface area contributed by atoms with Crippen molar-refractivity contribution < 1.29 is 23.8 Å². The normalized spacial score (nSPS) is 28.9. The third-order valence-electron chi connectivity index (χ3n) is 6.38. The first-order valence-corrected chi connectivity index (χ1v) is 10.2. The van der Waals surface area contributed by atoms with Crippen LogP contribution < -0.4 is 4.90 Å². The van der Waals surface area contributed by atoms with Crippen LogP contribution in [-0.2, 0) is 27.3 Å². The molecule has 1 aromatic carbocycles. The Labute approximate surface area is 174 Å². The van der Waals surface area contributed by atoms with E-state index in [0.717, 1.165) is 11.3 Å². The predicted molar refractivity (Wildman–Crippen MR) is 108 cm³/mol. The fourth-order valence-corrected chi connectivity index (χ4v) is 4.94. The Kier molecular flexibility index (Phi) is 4.52. The van der Waals surface area contributed by atoms with Crippen LogP contribution in [0, 0.1) is 11.8 Å². The summed E-state index contributed by atoms with van der Waals surface area (Å²) < 4.78 is 11.6. The van der Waals surface area contributed by atoms with Gasteiger partial charge in [0.2, 0.25) is 11.8 Å². The topological polar surface area (TPSA) is 83.2 Å². The number of anilines is 1. The summed E-state index contributed by atoms with van der Waals surface area (Å²) in [6, 6.07) is 11.2. The number of rotatable bonds is 6. The van der Waals surface area contributed by atoms with Crippen molar-refractivity contribution in [3.05, 3.63) is 66.1 Å². The van der Waals surface area contributed by atoms with Gasteiger partial charge in [-0.3, -0.25) is 9.59 Å². The van der Waals surface area contributed by atoms with Gasteiger partial charge in [-0.25, -0.2) is 0 Å². The summed E-state index contributed by atoms with van der Waals surface area (Å²) in [4.78, 5) is 30.0. The van der Waals surface area contributed by atoms with Gasteiger partial charge in [-0.15, -0.1) is 0 Å². The Morgan fingerprint density at radius 2 is 2.10 bits per heavy atom. The Balaban J connectivity index is 1.39. The molecule has 3 aliphatic rings. The molecule has 2 fully saturated rings. The Morgan fingerprint density at radius 3 is 2.80 bits per heavy atom. The Bertz CT molecular complexity index is 984. The smallest absolute Gasteiger partial charge is 0.234 e. The zero-order valence-corrected chi connectivity index (χ0v) is 16.7. The minimum Gasteiger partial charge on any atom is -0.467 e. The molecule has 1 spiro atoms. The second kappa shape index (κ2) is 7.11. The molecule has 3 aliphatic heterocycles. The van der Waals surface area contributed by atoms with Crippen molar-refractivity contribution in [2.24, 2.45) is 11.8 Å². The number of carbonyl (C=O) groups excluding carboxylic acids is 2. The minimum absolute atomic E-state index is 0.0819. The molecule has 0 radical (unpaired) electrons. The van der Waals surface area contributed by atoms with Gasteiger partial charge in [0.25, 0.3) is 0 Å². The van der Waals surface area contributed by atoms with E-state index in [2.05, 4.69) is 0 Å². The van der Waals surface area contributed by atoms with E-state index in [1.807, 2.05) is 42.5 Å². The van der Waals surface area contributed by atoms with E-state index < -0.39 is 17.4 Å². The maximum Gasteiger partial charge on any atom is 0.234 e. The van der Waals surface area contributed by atoms with Gasteiger partial charge in [-0.2, -0.15) is 0 Å². The molecule has 30 heavy (non-hydrogen) atoms. The van der Waals surface area contributed by atoms with Crippen molar-refractivity contribution in [2.45, 2.75) is 24.7 Å². The van der Waals surface area contributed by atoms with Gasteiger partial charge in [0.15, 0.2) is 0 Å². The number of aliphatic hydroxyl groups is 1.